The van der Waals surface area contributed by atoms with E-state index < -0.39 is 0 Å². The largest absolute Gasteiger partial charge is 0.463 e. The number of carbonyl (C=O) groups excluding carboxylic acids is 1. The summed E-state index contributed by atoms with van der Waals surface area (Å²) in [5, 5.41) is 0. The molecular weight excluding hydrogens is 144 g/mol. The van der Waals surface area contributed by atoms with E-state index in [1.807, 2.05) is 0 Å². The number of carbonyl (C=O) groups is 1. The van der Waals surface area contributed by atoms with Crippen LogP contribution in [0.1, 0.15) is 20.8 Å². The first kappa shape index (κ1) is 8.53. The quantitative estimate of drug-likeness (QED) is 0.454. The van der Waals surface area contributed by atoms with E-state index in [2.05, 4.69) is 13.8 Å². The summed E-state index contributed by atoms with van der Waals surface area (Å²) in [5.74, 6) is 0.290. The van der Waals surface area contributed by atoms with Crippen molar-refractivity contribution >= 4 is 5.97 Å². The lowest BCUT2D eigenvalue weighted by Gasteiger charge is -1.98. The summed E-state index contributed by atoms with van der Waals surface area (Å²) in [5.41, 5.74) is 0. The van der Waals surface area contributed by atoms with Gasteiger partial charge in [0.05, 0.1) is 6.10 Å². The Bertz CT molecular complexity index is 153. The molecule has 3 nitrogen and oxygen atoms in total. The van der Waals surface area contributed by atoms with Crippen LogP contribution in [0, 0.1) is 5.92 Å². The van der Waals surface area contributed by atoms with Gasteiger partial charge in [-0.1, -0.05) is 13.8 Å². The predicted molar refractivity (Wildman–Crippen MR) is 40.1 cm³/mol. The third-order valence-electron chi connectivity index (χ3n) is 1.73. The third-order valence-corrected chi connectivity index (χ3v) is 1.73. The molecule has 0 aromatic heterocycles. The van der Waals surface area contributed by atoms with Crippen molar-refractivity contribution in [3.05, 3.63) is 0 Å². The fourth-order valence-electron chi connectivity index (χ4n) is 1.08. The zero-order chi connectivity index (χ0) is 8.43. The maximum Gasteiger partial charge on any atom is 0.302 e. The van der Waals surface area contributed by atoms with Gasteiger partial charge in [0.15, 0.2) is 0 Å². The highest BCUT2D eigenvalue weighted by Crippen LogP contribution is 2.28. The second kappa shape index (κ2) is 3.22. The Hall–Kier alpha value is -0.570. The van der Waals surface area contributed by atoms with Crippen LogP contribution in [0.2, 0.25) is 0 Å². The molecule has 0 radical (unpaired) electrons. The average molecular weight is 158 g/mol. The number of rotatable bonds is 3. The van der Waals surface area contributed by atoms with Gasteiger partial charge in [0, 0.05) is 6.92 Å². The molecule has 0 aromatic rings. The number of esters is 1. The van der Waals surface area contributed by atoms with E-state index >= 15 is 0 Å². The number of hydrogen-bond acceptors (Lipinski definition) is 3. The summed E-state index contributed by atoms with van der Waals surface area (Å²) >= 11 is 0. The molecule has 0 aliphatic carbocycles. The zero-order valence-electron chi connectivity index (χ0n) is 7.16. The fourth-order valence-corrected chi connectivity index (χ4v) is 1.08. The van der Waals surface area contributed by atoms with Crippen molar-refractivity contribution < 1.29 is 14.3 Å². The molecule has 1 fully saturated rings. The van der Waals surface area contributed by atoms with Crippen molar-refractivity contribution in [1.29, 1.82) is 0 Å². The molecule has 1 saturated heterocycles. The molecule has 0 spiro atoms. The Morgan fingerprint density at radius 2 is 2.27 bits per heavy atom. The fraction of sp³-hybridized carbons (Fsp3) is 0.875. The van der Waals surface area contributed by atoms with Gasteiger partial charge in [-0.05, 0) is 5.92 Å². The highest BCUT2D eigenvalue weighted by Gasteiger charge is 2.41. The Kier molecular flexibility index (Phi) is 2.49. The highest BCUT2D eigenvalue weighted by atomic mass is 16.6. The molecular formula is C8H14O3. The minimum atomic E-state index is -0.233. The minimum Gasteiger partial charge on any atom is -0.463 e. The number of epoxide rings is 1. The van der Waals surface area contributed by atoms with E-state index in [1.54, 1.807) is 0 Å². The van der Waals surface area contributed by atoms with Gasteiger partial charge in [0.25, 0.3) is 0 Å². The maximum atomic E-state index is 10.4. The van der Waals surface area contributed by atoms with Crippen LogP contribution in [-0.2, 0) is 14.3 Å². The highest BCUT2D eigenvalue weighted by molar-refractivity contribution is 5.65. The first-order valence-electron chi connectivity index (χ1n) is 3.90. The van der Waals surface area contributed by atoms with Crippen LogP contribution in [0.15, 0.2) is 0 Å². The van der Waals surface area contributed by atoms with E-state index in [0.717, 1.165) is 0 Å². The molecule has 64 valence electrons. The Balaban J connectivity index is 2.09. The standard InChI is InChI=1S/C8H14O3/c1-5(2)8-7(11-8)4-10-6(3)9/h5,7-8H,4H2,1-3H3/t7-,8-/m0/s1. The normalized spacial score (nSPS) is 28.7. The molecule has 0 amide bonds. The summed E-state index contributed by atoms with van der Waals surface area (Å²) in [6.45, 7) is 6.02. The van der Waals surface area contributed by atoms with E-state index in [-0.39, 0.29) is 12.1 Å². The molecule has 3 heteroatoms. The first-order valence-corrected chi connectivity index (χ1v) is 3.90. The lowest BCUT2D eigenvalue weighted by Crippen LogP contribution is -2.10. The summed E-state index contributed by atoms with van der Waals surface area (Å²) in [4.78, 5) is 10.4. The van der Waals surface area contributed by atoms with Gasteiger partial charge in [-0.15, -0.1) is 0 Å². The van der Waals surface area contributed by atoms with Crippen molar-refractivity contribution in [2.45, 2.75) is 33.0 Å². The molecule has 0 N–H and O–H groups in total. The lowest BCUT2D eigenvalue weighted by atomic mass is 10.1. The van der Waals surface area contributed by atoms with Gasteiger partial charge in [-0.3, -0.25) is 4.79 Å². The smallest absolute Gasteiger partial charge is 0.302 e. The minimum absolute atomic E-state index is 0.152. The molecule has 0 saturated carbocycles. The Labute approximate surface area is 66.7 Å². The van der Waals surface area contributed by atoms with Crippen molar-refractivity contribution in [3.8, 4) is 0 Å². The van der Waals surface area contributed by atoms with Crippen LogP contribution in [0.4, 0.5) is 0 Å². The van der Waals surface area contributed by atoms with Crippen LogP contribution in [0.3, 0.4) is 0 Å². The summed E-state index contributed by atoms with van der Waals surface area (Å²) in [7, 11) is 0. The van der Waals surface area contributed by atoms with Gasteiger partial charge in [0.2, 0.25) is 0 Å². The van der Waals surface area contributed by atoms with Gasteiger partial charge in [-0.2, -0.15) is 0 Å². The van der Waals surface area contributed by atoms with Crippen LogP contribution in [0.5, 0.6) is 0 Å². The van der Waals surface area contributed by atoms with Crippen LogP contribution >= 0.6 is 0 Å². The Morgan fingerprint density at radius 1 is 1.64 bits per heavy atom. The molecule has 1 rings (SSSR count). The van der Waals surface area contributed by atoms with Gasteiger partial charge < -0.3 is 9.47 Å². The molecule has 1 heterocycles. The molecule has 1 aliphatic heterocycles. The van der Waals surface area contributed by atoms with Crippen molar-refractivity contribution in [3.63, 3.8) is 0 Å². The van der Waals surface area contributed by atoms with E-state index in [1.165, 1.54) is 6.92 Å². The van der Waals surface area contributed by atoms with Crippen molar-refractivity contribution in [2.75, 3.05) is 6.61 Å². The number of ether oxygens (including phenoxy) is 2. The van der Waals surface area contributed by atoms with E-state index in [0.29, 0.717) is 18.6 Å². The summed E-state index contributed by atoms with van der Waals surface area (Å²) in [6, 6.07) is 0. The molecule has 11 heavy (non-hydrogen) atoms. The third kappa shape index (κ3) is 2.50. The summed E-state index contributed by atoms with van der Waals surface area (Å²) < 4.78 is 10.0. The van der Waals surface area contributed by atoms with Crippen molar-refractivity contribution in [1.82, 2.24) is 0 Å². The van der Waals surface area contributed by atoms with Gasteiger partial charge in [-0.25, -0.2) is 0 Å². The number of hydrogen-bond donors (Lipinski definition) is 0. The van der Waals surface area contributed by atoms with Crippen LogP contribution < -0.4 is 0 Å². The van der Waals surface area contributed by atoms with Gasteiger partial charge in [0.1, 0.15) is 12.7 Å². The molecule has 2 atom stereocenters. The maximum absolute atomic E-state index is 10.4. The molecule has 0 unspecified atom stereocenters. The van der Waals surface area contributed by atoms with E-state index in [9.17, 15) is 4.79 Å². The summed E-state index contributed by atoms with van der Waals surface area (Å²) in [6.07, 6.45) is 0.452. The van der Waals surface area contributed by atoms with Crippen LogP contribution in [-0.4, -0.2) is 24.8 Å². The SMILES string of the molecule is CC(=O)OC[C@@H]1O[C@H]1C(C)C. The van der Waals surface area contributed by atoms with Gasteiger partial charge >= 0.3 is 5.97 Å². The lowest BCUT2D eigenvalue weighted by molar-refractivity contribution is -0.141. The first-order chi connectivity index (χ1) is 5.11. The predicted octanol–water partition coefficient (Wildman–Crippen LogP) is 0.973. The van der Waals surface area contributed by atoms with Crippen LogP contribution in [0.25, 0.3) is 0 Å². The van der Waals surface area contributed by atoms with E-state index in [4.69, 9.17) is 9.47 Å². The topological polar surface area (TPSA) is 38.8 Å². The second-order valence-corrected chi connectivity index (χ2v) is 3.19. The average Bonchev–Trinajstić information content (AvgIpc) is 2.61. The zero-order valence-corrected chi connectivity index (χ0v) is 7.16. The molecule has 1 aliphatic rings. The molecule has 0 bridgehead atoms. The second-order valence-electron chi connectivity index (χ2n) is 3.19. The molecule has 0 aromatic carbocycles. The monoisotopic (exact) mass is 158 g/mol. The Morgan fingerprint density at radius 3 is 2.64 bits per heavy atom. The van der Waals surface area contributed by atoms with Crippen molar-refractivity contribution in [2.24, 2.45) is 5.92 Å².